The lowest BCUT2D eigenvalue weighted by Gasteiger charge is -2.33. The topological polar surface area (TPSA) is 114 Å². The van der Waals surface area contributed by atoms with Gasteiger partial charge in [-0.15, -0.1) is 11.3 Å². The Bertz CT molecular complexity index is 1760. The van der Waals surface area contributed by atoms with Crippen LogP contribution in [0.3, 0.4) is 0 Å². The van der Waals surface area contributed by atoms with Gasteiger partial charge in [0.1, 0.15) is 29.4 Å². The van der Waals surface area contributed by atoms with Crippen molar-refractivity contribution in [3.63, 3.8) is 0 Å². The van der Waals surface area contributed by atoms with Crippen molar-refractivity contribution in [3.8, 4) is 29.0 Å². The van der Waals surface area contributed by atoms with Crippen LogP contribution < -0.4 is 19.8 Å². The number of piperazine rings is 1. The number of hydrogen-bond donors (Lipinski definition) is 1. The van der Waals surface area contributed by atoms with E-state index in [-0.39, 0.29) is 5.56 Å². The molecular formula is C29H27N7O4S3. The molecule has 220 valence electrons. The third kappa shape index (κ3) is 5.86. The van der Waals surface area contributed by atoms with Crippen LogP contribution in [0.2, 0.25) is 0 Å². The van der Waals surface area contributed by atoms with Crippen molar-refractivity contribution in [1.29, 1.82) is 5.26 Å². The molecule has 0 saturated carbocycles. The number of aromatic nitrogens is 3. The minimum Gasteiger partial charge on any atom is -0.496 e. The number of ether oxygens (including phenoxy) is 3. The summed E-state index contributed by atoms with van der Waals surface area (Å²) in [5, 5.41) is 13.7. The molecule has 2 aliphatic rings. The zero-order valence-electron chi connectivity index (χ0n) is 23.4. The first-order chi connectivity index (χ1) is 21.1. The number of benzene rings is 2. The molecule has 0 radical (unpaired) electrons. The zero-order valence-corrected chi connectivity index (χ0v) is 25.8. The number of nitrogens with one attached hydrogen (secondary N) is 1. The summed E-state index contributed by atoms with van der Waals surface area (Å²) >= 11 is 4.86. The van der Waals surface area contributed by atoms with Crippen molar-refractivity contribution < 1.29 is 18.6 Å². The largest absolute Gasteiger partial charge is 0.496 e. The molecule has 0 spiro atoms. The van der Waals surface area contributed by atoms with Crippen LogP contribution in [-0.4, -0.2) is 64.9 Å². The molecule has 14 heteroatoms. The zero-order chi connectivity index (χ0) is 29.3. The van der Waals surface area contributed by atoms with Crippen LogP contribution in [0.1, 0.15) is 11.3 Å². The molecule has 0 bridgehead atoms. The van der Waals surface area contributed by atoms with Crippen molar-refractivity contribution in [2.24, 2.45) is 0 Å². The van der Waals surface area contributed by atoms with E-state index in [1.807, 2.05) is 53.3 Å². The van der Waals surface area contributed by atoms with Crippen LogP contribution in [-0.2, 0) is 11.3 Å². The fourth-order valence-electron chi connectivity index (χ4n) is 4.81. The first kappa shape index (κ1) is 27.9. The molecule has 2 aromatic carbocycles. The molecule has 43 heavy (non-hydrogen) atoms. The Labute approximate surface area is 260 Å². The van der Waals surface area contributed by atoms with Crippen molar-refractivity contribution in [1.82, 2.24) is 18.9 Å². The summed E-state index contributed by atoms with van der Waals surface area (Å²) in [6.45, 7) is 3.95. The number of fused-ring (bicyclic) bond motifs is 2. The lowest BCUT2D eigenvalue weighted by Crippen LogP contribution is -2.43. The van der Waals surface area contributed by atoms with E-state index in [1.54, 1.807) is 37.5 Å². The molecule has 1 fully saturated rings. The van der Waals surface area contributed by atoms with Gasteiger partial charge in [-0.3, -0.25) is 5.43 Å². The molecule has 0 amide bonds. The van der Waals surface area contributed by atoms with Gasteiger partial charge < -0.3 is 23.5 Å². The number of hydrogen-bond acceptors (Lipinski definition) is 13. The Kier molecular flexibility index (Phi) is 7.81. The quantitative estimate of drug-likeness (QED) is 0.203. The minimum atomic E-state index is -0.161. The van der Waals surface area contributed by atoms with Crippen LogP contribution >= 0.6 is 35.0 Å². The number of methoxy groups -OCH3 is 2. The number of thiazole rings is 1. The van der Waals surface area contributed by atoms with Gasteiger partial charge in [0.05, 0.1) is 36.0 Å². The second-order valence-corrected chi connectivity index (χ2v) is 12.8. The van der Waals surface area contributed by atoms with Gasteiger partial charge in [0.25, 0.3) is 0 Å². The predicted molar refractivity (Wildman–Crippen MR) is 167 cm³/mol. The molecule has 1 saturated heterocycles. The van der Waals surface area contributed by atoms with Crippen LogP contribution in [0.5, 0.6) is 11.5 Å². The molecule has 1 N–H and O–H groups in total. The number of nitrogens with zero attached hydrogens (tertiary/aromatic N) is 6. The van der Waals surface area contributed by atoms with Crippen molar-refractivity contribution in [2.45, 2.75) is 22.2 Å². The van der Waals surface area contributed by atoms with E-state index in [1.165, 1.54) is 11.8 Å². The summed E-state index contributed by atoms with van der Waals surface area (Å²) in [5.41, 5.74) is 5.96. The van der Waals surface area contributed by atoms with E-state index in [9.17, 15) is 0 Å². The number of thioether (sulfide) groups is 1. The van der Waals surface area contributed by atoms with Crippen molar-refractivity contribution in [3.05, 3.63) is 65.3 Å². The number of nitriles is 1. The van der Waals surface area contributed by atoms with Gasteiger partial charge in [0, 0.05) is 55.7 Å². The SMILES string of the molecule is COc1cc(OCc2csc(N3CCN(Sc4ccc(C#N)cc4)CC3)n2)c2cc(-c3cn4c(n3)SC(OC)N4)oc2c1. The number of anilines is 1. The normalized spacial score (nSPS) is 16.7. The summed E-state index contributed by atoms with van der Waals surface area (Å²) in [6, 6.07) is 15.6. The maximum atomic E-state index is 9.01. The highest BCUT2D eigenvalue weighted by atomic mass is 32.2. The number of rotatable bonds is 9. The summed E-state index contributed by atoms with van der Waals surface area (Å²) in [6.07, 6.45) is 1.89. The Balaban J connectivity index is 0.999. The van der Waals surface area contributed by atoms with Gasteiger partial charge in [-0.05, 0) is 54.0 Å². The Hall–Kier alpha value is -3.87. The highest BCUT2D eigenvalue weighted by Gasteiger charge is 2.25. The highest BCUT2D eigenvalue weighted by Crippen LogP contribution is 2.39. The fraction of sp³-hybridized carbons (Fsp3) is 0.276. The average molecular weight is 634 g/mol. The summed E-state index contributed by atoms with van der Waals surface area (Å²) in [5.74, 6) is 1.94. The monoisotopic (exact) mass is 633 g/mol. The molecule has 11 nitrogen and oxygen atoms in total. The smallest absolute Gasteiger partial charge is 0.196 e. The molecule has 5 aromatic rings. The first-order valence-corrected chi connectivity index (χ1v) is 16.0. The van der Waals surface area contributed by atoms with E-state index < -0.39 is 0 Å². The molecule has 3 aromatic heterocycles. The number of imidazole rings is 1. The number of furan rings is 1. The summed E-state index contributed by atoms with van der Waals surface area (Å²) in [7, 11) is 3.28. The van der Waals surface area contributed by atoms with E-state index in [0.717, 1.165) is 52.4 Å². The van der Waals surface area contributed by atoms with E-state index in [2.05, 4.69) is 31.1 Å². The van der Waals surface area contributed by atoms with Crippen LogP contribution in [0.15, 0.2) is 68.5 Å². The Morgan fingerprint density at radius 2 is 1.95 bits per heavy atom. The van der Waals surface area contributed by atoms with E-state index in [0.29, 0.717) is 40.7 Å². The molecule has 7 rings (SSSR count). The maximum Gasteiger partial charge on any atom is 0.196 e. The van der Waals surface area contributed by atoms with Crippen molar-refractivity contribution in [2.75, 3.05) is 50.7 Å². The molecular weight excluding hydrogens is 607 g/mol. The van der Waals surface area contributed by atoms with E-state index in [4.69, 9.17) is 28.9 Å². The fourth-order valence-corrected chi connectivity index (χ4v) is 7.40. The molecule has 5 heterocycles. The lowest BCUT2D eigenvalue weighted by atomic mass is 10.2. The second-order valence-electron chi connectivity index (χ2n) is 9.79. The molecule has 1 atom stereocenters. The Morgan fingerprint density at radius 3 is 2.70 bits per heavy atom. The van der Waals surface area contributed by atoms with Gasteiger partial charge in [-0.1, -0.05) is 0 Å². The van der Waals surface area contributed by atoms with Gasteiger partial charge in [-0.2, -0.15) is 5.26 Å². The Morgan fingerprint density at radius 1 is 1.12 bits per heavy atom. The molecule has 2 aliphatic heterocycles. The van der Waals surface area contributed by atoms with Gasteiger partial charge in [0.2, 0.25) is 0 Å². The maximum absolute atomic E-state index is 9.01. The van der Waals surface area contributed by atoms with Gasteiger partial charge in [0.15, 0.2) is 21.6 Å². The predicted octanol–water partition coefficient (Wildman–Crippen LogP) is 5.62. The van der Waals surface area contributed by atoms with Crippen LogP contribution in [0.4, 0.5) is 5.13 Å². The van der Waals surface area contributed by atoms with Gasteiger partial charge in [-0.25, -0.2) is 18.9 Å². The van der Waals surface area contributed by atoms with Crippen LogP contribution in [0.25, 0.3) is 22.4 Å². The van der Waals surface area contributed by atoms with E-state index >= 15 is 0 Å². The minimum absolute atomic E-state index is 0.161. The molecule has 1 unspecified atom stereocenters. The highest BCUT2D eigenvalue weighted by molar-refractivity contribution is 7.99. The van der Waals surface area contributed by atoms with Crippen LogP contribution in [0, 0.1) is 11.3 Å². The summed E-state index contributed by atoms with van der Waals surface area (Å²) < 4.78 is 27.5. The second kappa shape index (κ2) is 12.0. The lowest BCUT2D eigenvalue weighted by molar-refractivity contribution is 0.187. The third-order valence-electron chi connectivity index (χ3n) is 7.05. The van der Waals surface area contributed by atoms with Crippen molar-refractivity contribution >= 4 is 51.1 Å². The first-order valence-electron chi connectivity index (χ1n) is 13.5. The third-order valence-corrected chi connectivity index (χ3v) is 10.1. The van der Waals surface area contributed by atoms with Gasteiger partial charge >= 0.3 is 0 Å². The average Bonchev–Trinajstić information content (AvgIpc) is 3.83. The standard InChI is InChI=1S/C29H27N7O4S3/c1-37-20-11-24(22-13-26(40-25(22)12-20)23-15-36-28(32-23)42-29(33-36)38-2)39-16-19-17-41-27(31-19)34-7-9-35(10-8-34)43-21-5-3-18(14-30)4-6-21/h3-6,11-13,15,17,29,33H,7-10,16H2,1-2H3. The summed E-state index contributed by atoms with van der Waals surface area (Å²) in [4.78, 5) is 13.0. The molecule has 0 aliphatic carbocycles.